The molecule has 2 aromatic carbocycles. The summed E-state index contributed by atoms with van der Waals surface area (Å²) >= 11 is 5.83. The Bertz CT molecular complexity index is 537. The Morgan fingerprint density at radius 2 is 1.20 bits per heavy atom. The zero-order chi connectivity index (χ0) is 10.5. The second kappa shape index (κ2) is 3.04. The second-order valence-electron chi connectivity index (χ2n) is 3.96. The molecule has 0 spiro atoms. The zero-order valence-electron chi connectivity index (χ0n) is 8.47. The van der Waals surface area contributed by atoms with Gasteiger partial charge in [-0.3, -0.25) is 0 Å². The maximum absolute atomic E-state index is 5.83. The van der Waals surface area contributed by atoms with Crippen molar-refractivity contribution < 1.29 is 0 Å². The topological polar surface area (TPSA) is 0 Å². The van der Waals surface area contributed by atoms with E-state index >= 15 is 0 Å². The highest BCUT2D eigenvalue weighted by atomic mass is 32.4. The van der Waals surface area contributed by atoms with Gasteiger partial charge in [-0.1, -0.05) is 60.3 Å². The van der Waals surface area contributed by atoms with E-state index < -0.39 is 6.04 Å². The number of hydrogen-bond donors (Lipinski definition) is 0. The minimum Gasteiger partial charge on any atom is -0.0878 e. The molecule has 0 bridgehead atoms. The van der Waals surface area contributed by atoms with E-state index in [1.54, 1.807) is 0 Å². The third-order valence-electron chi connectivity index (χ3n) is 3.02. The third-order valence-corrected chi connectivity index (χ3v) is 6.82. The Hall–Kier alpha value is -0.910. The minimum absolute atomic E-state index is 1.35. The molecule has 0 nitrogen and oxygen atoms in total. The number of hydrogen-bond acceptors (Lipinski definition) is 1. The summed E-state index contributed by atoms with van der Waals surface area (Å²) in [7, 11) is 0. The van der Waals surface area contributed by atoms with E-state index in [0.717, 1.165) is 0 Å². The first kappa shape index (κ1) is 9.33. The molecule has 1 aliphatic rings. The van der Waals surface area contributed by atoms with Crippen LogP contribution in [0.15, 0.2) is 48.5 Å². The van der Waals surface area contributed by atoms with Crippen molar-refractivity contribution in [2.24, 2.45) is 0 Å². The van der Waals surface area contributed by atoms with Crippen LogP contribution in [0.2, 0.25) is 0 Å². The van der Waals surface area contributed by atoms with E-state index in [2.05, 4.69) is 55.2 Å². The quantitative estimate of drug-likeness (QED) is 0.627. The molecule has 0 radical (unpaired) electrons. The molecule has 0 saturated heterocycles. The van der Waals surface area contributed by atoms with Crippen molar-refractivity contribution in [2.45, 2.75) is 0 Å². The van der Waals surface area contributed by atoms with Gasteiger partial charge in [0.05, 0.1) is 0 Å². The smallest absolute Gasteiger partial charge is 0.00883 e. The molecule has 0 fully saturated rings. The molecule has 1 aliphatic heterocycles. The fraction of sp³-hybridized carbons (Fsp3) is 0.0769. The van der Waals surface area contributed by atoms with Crippen molar-refractivity contribution in [1.29, 1.82) is 0 Å². The monoisotopic (exact) mass is 230 g/mol. The van der Waals surface area contributed by atoms with Gasteiger partial charge in [0.25, 0.3) is 0 Å². The summed E-state index contributed by atoms with van der Waals surface area (Å²) in [4.78, 5) is 0. The van der Waals surface area contributed by atoms with Gasteiger partial charge >= 0.3 is 0 Å². The highest BCUT2D eigenvalue weighted by molar-refractivity contribution is 8.22. The van der Waals surface area contributed by atoms with Gasteiger partial charge in [-0.15, -0.1) is 0 Å². The second-order valence-corrected chi connectivity index (χ2v) is 8.96. The normalized spacial score (nSPS) is 15.8. The molecule has 3 rings (SSSR count). The Labute approximate surface area is 95.0 Å². The molecule has 0 atom stereocenters. The first-order chi connectivity index (χ1) is 7.21. The predicted octanol–water partition coefficient (Wildman–Crippen LogP) is 2.73. The Morgan fingerprint density at radius 1 is 0.800 bits per heavy atom. The molecule has 0 amide bonds. The summed E-state index contributed by atoms with van der Waals surface area (Å²) in [6.45, 7) is 2.23. The number of fused-ring (bicyclic) bond motifs is 3. The molecule has 0 saturated carbocycles. The van der Waals surface area contributed by atoms with Crippen LogP contribution in [0.3, 0.4) is 0 Å². The van der Waals surface area contributed by atoms with Crippen LogP contribution in [0.1, 0.15) is 0 Å². The van der Waals surface area contributed by atoms with Gasteiger partial charge in [-0.2, -0.15) is 0 Å². The van der Waals surface area contributed by atoms with Gasteiger partial charge in [0.2, 0.25) is 0 Å². The molecular formula is C13H11PS. The van der Waals surface area contributed by atoms with E-state index in [9.17, 15) is 0 Å². The van der Waals surface area contributed by atoms with Crippen molar-refractivity contribution in [3.63, 3.8) is 0 Å². The van der Waals surface area contributed by atoms with Crippen LogP contribution in [0, 0.1) is 0 Å². The fourth-order valence-electron chi connectivity index (χ4n) is 2.28. The lowest BCUT2D eigenvalue weighted by Gasteiger charge is -2.11. The SMILES string of the molecule is CP1(=S)c2ccccc2-c2ccccc21. The summed E-state index contributed by atoms with van der Waals surface area (Å²) in [5, 5.41) is 2.75. The first-order valence-corrected chi connectivity index (χ1v) is 8.23. The molecule has 0 aromatic heterocycles. The van der Waals surface area contributed by atoms with Gasteiger partial charge in [0.1, 0.15) is 0 Å². The van der Waals surface area contributed by atoms with Crippen LogP contribution < -0.4 is 10.6 Å². The Kier molecular flexibility index (Phi) is 1.89. The average Bonchev–Trinajstić information content (AvgIpc) is 2.51. The van der Waals surface area contributed by atoms with Crippen molar-refractivity contribution in [3.05, 3.63) is 48.5 Å². The molecule has 0 aliphatic carbocycles. The molecular weight excluding hydrogens is 219 g/mol. The molecule has 0 N–H and O–H groups in total. The van der Waals surface area contributed by atoms with Crippen molar-refractivity contribution in [2.75, 3.05) is 6.66 Å². The summed E-state index contributed by atoms with van der Waals surface area (Å²) in [6.07, 6.45) is 0. The van der Waals surface area contributed by atoms with Crippen LogP contribution >= 0.6 is 6.04 Å². The van der Waals surface area contributed by atoms with E-state index in [-0.39, 0.29) is 0 Å². The molecule has 74 valence electrons. The van der Waals surface area contributed by atoms with Crippen LogP contribution in [0.25, 0.3) is 11.1 Å². The fourth-order valence-corrected chi connectivity index (χ4v) is 5.54. The van der Waals surface area contributed by atoms with Gasteiger partial charge < -0.3 is 0 Å². The van der Waals surface area contributed by atoms with Crippen LogP contribution in [-0.4, -0.2) is 6.66 Å². The highest BCUT2D eigenvalue weighted by Gasteiger charge is 2.29. The predicted molar refractivity (Wildman–Crippen MR) is 71.4 cm³/mol. The Balaban J connectivity index is 2.47. The van der Waals surface area contributed by atoms with Crippen molar-refractivity contribution >= 4 is 28.5 Å². The average molecular weight is 230 g/mol. The molecule has 2 aromatic rings. The lowest BCUT2D eigenvalue weighted by Crippen LogP contribution is -2.07. The summed E-state index contributed by atoms with van der Waals surface area (Å²) < 4.78 is 0. The van der Waals surface area contributed by atoms with Crippen molar-refractivity contribution in [1.82, 2.24) is 0 Å². The number of benzene rings is 2. The van der Waals surface area contributed by atoms with E-state index in [1.165, 1.54) is 21.7 Å². The maximum atomic E-state index is 5.83. The molecule has 0 unspecified atom stereocenters. The number of rotatable bonds is 0. The van der Waals surface area contributed by atoms with Crippen LogP contribution in [-0.2, 0) is 11.8 Å². The maximum Gasteiger partial charge on any atom is 0.00883 e. The standard InChI is InChI=1S/C13H11PS/c1-14(15)12-8-4-2-6-10(12)11-7-3-5-9-13(11)14/h2-9H,1H3. The van der Waals surface area contributed by atoms with Crippen LogP contribution in [0.5, 0.6) is 0 Å². The van der Waals surface area contributed by atoms with E-state index in [4.69, 9.17) is 11.8 Å². The van der Waals surface area contributed by atoms with Crippen LogP contribution in [0.4, 0.5) is 0 Å². The summed E-state index contributed by atoms with van der Waals surface area (Å²) in [5.41, 5.74) is 2.69. The van der Waals surface area contributed by atoms with Crippen molar-refractivity contribution in [3.8, 4) is 11.1 Å². The van der Waals surface area contributed by atoms with Gasteiger partial charge in [0, 0.05) is 6.04 Å². The summed E-state index contributed by atoms with van der Waals surface area (Å²) in [6, 6.07) is 15.6. The van der Waals surface area contributed by atoms with E-state index in [1.807, 2.05) is 0 Å². The molecule has 15 heavy (non-hydrogen) atoms. The third kappa shape index (κ3) is 1.17. The first-order valence-electron chi connectivity index (χ1n) is 4.98. The Morgan fingerprint density at radius 3 is 1.67 bits per heavy atom. The molecule has 1 heterocycles. The summed E-state index contributed by atoms with van der Waals surface area (Å²) in [5.74, 6) is 0. The van der Waals surface area contributed by atoms with E-state index in [0.29, 0.717) is 0 Å². The van der Waals surface area contributed by atoms with Gasteiger partial charge in [-0.25, -0.2) is 0 Å². The van der Waals surface area contributed by atoms with Gasteiger partial charge in [0.15, 0.2) is 0 Å². The lowest BCUT2D eigenvalue weighted by molar-refractivity contribution is 1.71. The lowest BCUT2D eigenvalue weighted by atomic mass is 10.1. The zero-order valence-corrected chi connectivity index (χ0v) is 10.2. The highest BCUT2D eigenvalue weighted by Crippen LogP contribution is 2.49. The minimum atomic E-state index is -1.49. The largest absolute Gasteiger partial charge is 0.0878 e. The van der Waals surface area contributed by atoms with Gasteiger partial charge in [-0.05, 0) is 28.4 Å². The molecule has 2 heteroatoms.